The Bertz CT molecular complexity index is 922. The molecule has 26 heavy (non-hydrogen) atoms. The van der Waals surface area contributed by atoms with Crippen molar-refractivity contribution < 1.29 is 9.50 Å². The third kappa shape index (κ3) is 3.33. The van der Waals surface area contributed by atoms with E-state index in [2.05, 4.69) is 20.2 Å². The first-order chi connectivity index (χ1) is 12.7. The van der Waals surface area contributed by atoms with Crippen LogP contribution >= 0.6 is 0 Å². The van der Waals surface area contributed by atoms with Crippen LogP contribution in [0.4, 0.5) is 4.39 Å². The van der Waals surface area contributed by atoms with E-state index in [4.69, 9.17) is 0 Å². The van der Waals surface area contributed by atoms with Crippen molar-refractivity contribution in [2.45, 2.75) is 31.9 Å². The van der Waals surface area contributed by atoms with Gasteiger partial charge in [-0.2, -0.15) is 0 Å². The predicted octanol–water partition coefficient (Wildman–Crippen LogP) is 3.73. The Kier molecular flexibility index (Phi) is 4.43. The van der Waals surface area contributed by atoms with Crippen LogP contribution in [0, 0.1) is 0 Å². The number of phenols is 1. The minimum atomic E-state index is -0.898. The monoisotopic (exact) mass is 351 g/mol. The van der Waals surface area contributed by atoms with Crippen molar-refractivity contribution in [2.75, 3.05) is 0 Å². The highest BCUT2D eigenvalue weighted by Gasteiger charge is 2.18. The first kappa shape index (κ1) is 16.4. The molecule has 1 aliphatic rings. The molecule has 6 nitrogen and oxygen atoms in total. The lowest BCUT2D eigenvalue weighted by atomic mass is 9.92. The molecule has 3 aromatic rings. The maximum absolute atomic E-state index is 13.9. The lowest BCUT2D eigenvalue weighted by molar-refractivity contribution is 0.319. The first-order valence-corrected chi connectivity index (χ1v) is 8.57. The van der Waals surface area contributed by atoms with Crippen LogP contribution in [0.1, 0.15) is 31.4 Å². The topological polar surface area (TPSA) is 76.7 Å². The number of aromatic hydroxyl groups is 1. The molecule has 1 aromatic carbocycles. The minimum Gasteiger partial charge on any atom is -0.507 e. The second-order valence-corrected chi connectivity index (χ2v) is 6.31. The second kappa shape index (κ2) is 7.03. The Hall–Kier alpha value is -3.09. The number of hydrogen-bond acceptors (Lipinski definition) is 5. The fourth-order valence-electron chi connectivity index (χ4n) is 3.10. The van der Waals surface area contributed by atoms with Crippen LogP contribution in [-0.4, -0.2) is 36.0 Å². The smallest absolute Gasteiger partial charge is 0.185 e. The number of alkyl halides is 1. The Morgan fingerprint density at radius 3 is 2.85 bits per heavy atom. The van der Waals surface area contributed by atoms with Crippen LogP contribution < -0.4 is 0 Å². The number of allylic oxidation sites excluding steroid dienone is 1. The number of halogens is 1. The second-order valence-electron chi connectivity index (χ2n) is 6.31. The summed E-state index contributed by atoms with van der Waals surface area (Å²) in [5, 5.41) is 18.5. The maximum Gasteiger partial charge on any atom is 0.185 e. The van der Waals surface area contributed by atoms with E-state index < -0.39 is 6.17 Å². The average Bonchev–Trinajstić information content (AvgIpc) is 3.19. The summed E-state index contributed by atoms with van der Waals surface area (Å²) in [6, 6.07) is 5.19. The molecule has 7 heteroatoms. The molecule has 1 aliphatic carbocycles. The van der Waals surface area contributed by atoms with E-state index in [0.717, 1.165) is 30.5 Å². The molecular formula is C19H18FN5O. The molecule has 4 rings (SSSR count). The molecule has 0 bridgehead atoms. The largest absolute Gasteiger partial charge is 0.507 e. The predicted molar refractivity (Wildman–Crippen MR) is 95.4 cm³/mol. The minimum absolute atomic E-state index is 0.0557. The lowest BCUT2D eigenvalue weighted by Crippen LogP contribution is -2.10. The molecule has 1 atom stereocenters. The summed E-state index contributed by atoms with van der Waals surface area (Å²) in [6.45, 7) is 0. The van der Waals surface area contributed by atoms with Crippen LogP contribution in [-0.2, 0) is 0 Å². The van der Waals surface area contributed by atoms with Crippen molar-refractivity contribution >= 4 is 6.08 Å². The van der Waals surface area contributed by atoms with Crippen molar-refractivity contribution in [3.8, 4) is 22.8 Å². The highest BCUT2D eigenvalue weighted by Crippen LogP contribution is 2.29. The zero-order valence-electron chi connectivity index (χ0n) is 14.1. The van der Waals surface area contributed by atoms with Crippen molar-refractivity contribution in [1.82, 2.24) is 24.7 Å². The molecule has 2 heterocycles. The van der Waals surface area contributed by atoms with Gasteiger partial charge in [-0.3, -0.25) is 0 Å². The van der Waals surface area contributed by atoms with Crippen LogP contribution in [0.15, 0.2) is 48.7 Å². The van der Waals surface area contributed by atoms with Gasteiger partial charge in [0, 0.05) is 18.5 Å². The average molecular weight is 351 g/mol. The van der Waals surface area contributed by atoms with Gasteiger partial charge in [0.15, 0.2) is 5.82 Å². The van der Waals surface area contributed by atoms with Crippen molar-refractivity contribution in [3.05, 3.63) is 54.4 Å². The standard InChI is InChI=1S/C19H18FN5O/c20-17-4-2-1-3-13(17)9-14-11-22-19(24-23-14)16-6-5-15(10-18(16)26)25-8-7-21-12-25/h5-12,17,26H,1-4H2/b13-9+/t17-/m0/s1. The van der Waals surface area contributed by atoms with E-state index in [-0.39, 0.29) is 5.75 Å². The summed E-state index contributed by atoms with van der Waals surface area (Å²) in [5.74, 6) is 0.377. The fourth-order valence-corrected chi connectivity index (χ4v) is 3.10. The molecule has 0 spiro atoms. The zero-order valence-corrected chi connectivity index (χ0v) is 14.1. The number of benzene rings is 1. The third-order valence-electron chi connectivity index (χ3n) is 4.51. The van der Waals surface area contributed by atoms with Gasteiger partial charge in [-0.25, -0.2) is 14.4 Å². The number of rotatable bonds is 3. The summed E-state index contributed by atoms with van der Waals surface area (Å²) in [6.07, 6.45) is 10.7. The molecule has 1 fully saturated rings. The first-order valence-electron chi connectivity index (χ1n) is 8.57. The Balaban J connectivity index is 1.58. The molecule has 0 unspecified atom stereocenters. The maximum atomic E-state index is 13.9. The van der Waals surface area contributed by atoms with Crippen LogP contribution in [0.2, 0.25) is 0 Å². The van der Waals surface area contributed by atoms with Gasteiger partial charge in [0.1, 0.15) is 17.6 Å². The van der Waals surface area contributed by atoms with Crippen LogP contribution in [0.25, 0.3) is 23.2 Å². The van der Waals surface area contributed by atoms with Crippen molar-refractivity contribution in [2.24, 2.45) is 0 Å². The molecule has 0 amide bonds. The molecule has 0 saturated heterocycles. The number of hydrogen-bond donors (Lipinski definition) is 1. The molecule has 1 N–H and O–H groups in total. The fraction of sp³-hybridized carbons (Fsp3) is 0.263. The Labute approximate surface area is 150 Å². The molecular weight excluding hydrogens is 333 g/mol. The van der Waals surface area contributed by atoms with Gasteiger partial charge in [0.2, 0.25) is 0 Å². The Morgan fingerprint density at radius 1 is 1.23 bits per heavy atom. The van der Waals surface area contributed by atoms with Crippen LogP contribution in [0.3, 0.4) is 0 Å². The van der Waals surface area contributed by atoms with Crippen molar-refractivity contribution in [3.63, 3.8) is 0 Å². The van der Waals surface area contributed by atoms with E-state index in [1.807, 2.05) is 6.07 Å². The molecule has 0 radical (unpaired) electrons. The van der Waals surface area contributed by atoms with Gasteiger partial charge in [-0.15, -0.1) is 10.2 Å². The molecule has 1 saturated carbocycles. The van der Waals surface area contributed by atoms with E-state index in [9.17, 15) is 9.50 Å². The zero-order chi connectivity index (χ0) is 17.9. The highest BCUT2D eigenvalue weighted by molar-refractivity contribution is 5.66. The van der Waals surface area contributed by atoms with E-state index >= 15 is 0 Å². The van der Waals surface area contributed by atoms with Gasteiger partial charge >= 0.3 is 0 Å². The summed E-state index contributed by atoms with van der Waals surface area (Å²) < 4.78 is 15.7. The summed E-state index contributed by atoms with van der Waals surface area (Å²) >= 11 is 0. The quantitative estimate of drug-likeness (QED) is 0.778. The molecule has 2 aromatic heterocycles. The number of aromatic nitrogens is 5. The van der Waals surface area contributed by atoms with E-state index in [1.54, 1.807) is 47.7 Å². The lowest BCUT2D eigenvalue weighted by Gasteiger charge is -2.18. The van der Waals surface area contributed by atoms with Gasteiger partial charge in [-0.05, 0) is 49.5 Å². The van der Waals surface area contributed by atoms with Gasteiger partial charge < -0.3 is 9.67 Å². The summed E-state index contributed by atoms with van der Waals surface area (Å²) in [4.78, 5) is 8.26. The van der Waals surface area contributed by atoms with E-state index in [0.29, 0.717) is 23.5 Å². The van der Waals surface area contributed by atoms with E-state index in [1.165, 1.54) is 0 Å². The number of imidazole rings is 1. The third-order valence-corrected chi connectivity index (χ3v) is 4.51. The summed E-state index contributed by atoms with van der Waals surface area (Å²) in [5.41, 5.74) is 2.56. The van der Waals surface area contributed by atoms with Gasteiger partial charge in [-0.1, -0.05) is 0 Å². The molecule has 132 valence electrons. The normalized spacial score (nSPS) is 19.0. The van der Waals surface area contributed by atoms with Crippen molar-refractivity contribution in [1.29, 1.82) is 0 Å². The van der Waals surface area contributed by atoms with Gasteiger partial charge in [0.05, 0.1) is 23.8 Å². The SMILES string of the molecule is Oc1cc(-n2ccnc2)ccc1-c1ncc(/C=C2\CCCC[C@@H]2F)nn1. The number of nitrogens with zero attached hydrogens (tertiary/aromatic N) is 5. The van der Waals surface area contributed by atoms with Crippen LogP contribution in [0.5, 0.6) is 5.75 Å². The Morgan fingerprint density at radius 2 is 2.15 bits per heavy atom. The number of phenolic OH excluding ortho intramolecular Hbond substituents is 1. The molecule has 0 aliphatic heterocycles. The summed E-state index contributed by atoms with van der Waals surface area (Å²) in [7, 11) is 0. The highest BCUT2D eigenvalue weighted by atomic mass is 19.1. The van der Waals surface area contributed by atoms with Gasteiger partial charge in [0.25, 0.3) is 0 Å².